The Balaban J connectivity index is 1.10. The number of hydrogen-bond acceptors (Lipinski definition) is 2. The lowest BCUT2D eigenvalue weighted by Crippen LogP contribution is -2.16. The van der Waals surface area contributed by atoms with Crippen LogP contribution in [0, 0.1) is 0 Å². The molecule has 13 rings (SSSR count). The minimum Gasteiger partial charge on any atom is -0.453 e. The smallest absolute Gasteiger partial charge is 0.159 e. The maximum Gasteiger partial charge on any atom is 0.159 e. The monoisotopic (exact) mass is 777 g/mol. The van der Waals surface area contributed by atoms with Gasteiger partial charge in [0.2, 0.25) is 0 Å². The Hall–Kier alpha value is -7.68. The highest BCUT2D eigenvalue weighted by Gasteiger charge is 2.36. The molecule has 1 heterocycles. The maximum atomic E-state index is 7.43. The van der Waals surface area contributed by atoms with Crippen LogP contribution in [0.1, 0.15) is 25.0 Å². The average Bonchev–Trinajstić information content (AvgIpc) is 3.80. The van der Waals surface area contributed by atoms with Crippen LogP contribution >= 0.6 is 0 Å². The second-order valence-electron chi connectivity index (χ2n) is 17.2. The summed E-state index contributed by atoms with van der Waals surface area (Å²) in [5.41, 5.74) is 12.4. The lowest BCUT2D eigenvalue weighted by Gasteiger charge is -2.29. The lowest BCUT2D eigenvalue weighted by molar-refractivity contribution is 0.660. The molecule has 0 radical (unpaired) electrons. The summed E-state index contributed by atoms with van der Waals surface area (Å²) in [5, 5.41) is 14.5. The summed E-state index contributed by atoms with van der Waals surface area (Å²) in [6, 6.07) is 73.6. The largest absolute Gasteiger partial charge is 0.453 e. The number of hydrogen-bond donors (Lipinski definition) is 0. The zero-order valence-corrected chi connectivity index (χ0v) is 33.9. The highest BCUT2D eigenvalue weighted by atomic mass is 16.3. The van der Waals surface area contributed by atoms with E-state index >= 15 is 0 Å². The van der Waals surface area contributed by atoms with Crippen LogP contribution in [-0.2, 0) is 5.41 Å². The van der Waals surface area contributed by atoms with Crippen molar-refractivity contribution in [2.45, 2.75) is 19.3 Å². The number of anilines is 3. The Labute approximate surface area is 353 Å². The van der Waals surface area contributed by atoms with E-state index in [1.54, 1.807) is 0 Å². The quantitative estimate of drug-likeness (QED) is 0.166. The molecule has 1 aliphatic carbocycles. The minimum atomic E-state index is -0.149. The van der Waals surface area contributed by atoms with E-state index in [1.807, 2.05) is 0 Å². The van der Waals surface area contributed by atoms with Crippen molar-refractivity contribution in [3.8, 4) is 22.3 Å². The number of para-hydroxylation sites is 1. The fourth-order valence-electron chi connectivity index (χ4n) is 10.7. The van der Waals surface area contributed by atoms with Crippen LogP contribution in [0.5, 0.6) is 0 Å². The van der Waals surface area contributed by atoms with Gasteiger partial charge in [0.1, 0.15) is 5.58 Å². The molecule has 0 saturated heterocycles. The Kier molecular flexibility index (Phi) is 7.10. The van der Waals surface area contributed by atoms with E-state index in [9.17, 15) is 0 Å². The van der Waals surface area contributed by atoms with Crippen LogP contribution in [0.3, 0.4) is 0 Å². The van der Waals surface area contributed by atoms with Crippen molar-refractivity contribution in [3.63, 3.8) is 0 Å². The number of furan rings is 1. The number of fused-ring (bicyclic) bond motifs is 14. The molecule has 2 heteroatoms. The van der Waals surface area contributed by atoms with Crippen molar-refractivity contribution in [2.24, 2.45) is 0 Å². The van der Waals surface area contributed by atoms with Crippen LogP contribution in [0.15, 0.2) is 205 Å². The first-order chi connectivity index (χ1) is 30.0. The molecule has 0 spiro atoms. The summed E-state index contributed by atoms with van der Waals surface area (Å²) in [4.78, 5) is 2.43. The van der Waals surface area contributed by atoms with Crippen LogP contribution in [0.2, 0.25) is 0 Å². The van der Waals surface area contributed by atoms with Crippen LogP contribution in [0.4, 0.5) is 17.1 Å². The van der Waals surface area contributed by atoms with Crippen molar-refractivity contribution in [2.75, 3.05) is 4.90 Å². The van der Waals surface area contributed by atoms with E-state index in [1.165, 1.54) is 76.1 Å². The van der Waals surface area contributed by atoms with Gasteiger partial charge in [-0.15, -0.1) is 0 Å². The first-order valence-electron chi connectivity index (χ1n) is 21.3. The molecule has 0 unspecified atom stereocenters. The molecular weight excluding hydrogens is 739 g/mol. The summed E-state index contributed by atoms with van der Waals surface area (Å²) >= 11 is 0. The first-order valence-corrected chi connectivity index (χ1v) is 21.3. The first kappa shape index (κ1) is 34.2. The number of nitrogens with zero attached hydrogens (tertiary/aromatic N) is 1. The molecule has 0 N–H and O–H groups in total. The summed E-state index contributed by atoms with van der Waals surface area (Å²) in [5.74, 6) is 0. The summed E-state index contributed by atoms with van der Waals surface area (Å²) < 4.78 is 7.43. The molecule has 2 nitrogen and oxygen atoms in total. The predicted molar refractivity (Wildman–Crippen MR) is 259 cm³/mol. The van der Waals surface area contributed by atoms with Crippen LogP contribution < -0.4 is 4.90 Å². The van der Waals surface area contributed by atoms with E-state index in [2.05, 4.69) is 219 Å². The van der Waals surface area contributed by atoms with Crippen molar-refractivity contribution < 1.29 is 4.42 Å². The zero-order chi connectivity index (χ0) is 40.4. The lowest BCUT2D eigenvalue weighted by atomic mass is 9.82. The summed E-state index contributed by atoms with van der Waals surface area (Å²) in [6.07, 6.45) is 0. The molecule has 12 aromatic rings. The standard InChI is InChI=1S/C59H39NO/c1-59(2)52-26-12-11-24-47(52)48-32-30-39(35-53(48)59)60(54-27-13-17-36-15-3-5-18-40(36)54)55-28-14-25-49-51-33-37-16-4-6-19-41(37)56(58(51)61-57(49)55)38-29-31-46-44-22-8-7-20-42(44)43-21-9-10-23-45(43)50(46)34-38/h3-35H,1-2H3. The maximum absolute atomic E-state index is 7.43. The van der Waals surface area contributed by atoms with Gasteiger partial charge in [-0.05, 0) is 113 Å². The van der Waals surface area contributed by atoms with Crippen LogP contribution in [-0.4, -0.2) is 0 Å². The summed E-state index contributed by atoms with van der Waals surface area (Å²) in [7, 11) is 0. The molecule has 0 aliphatic heterocycles. The molecular formula is C59H39NO. The van der Waals surface area contributed by atoms with Crippen molar-refractivity contribution in [3.05, 3.63) is 211 Å². The van der Waals surface area contributed by atoms with Crippen molar-refractivity contribution >= 4 is 92.9 Å². The molecule has 1 aliphatic rings. The van der Waals surface area contributed by atoms with Gasteiger partial charge < -0.3 is 9.32 Å². The third-order valence-electron chi connectivity index (χ3n) is 13.6. The van der Waals surface area contributed by atoms with Gasteiger partial charge in [-0.3, -0.25) is 0 Å². The Morgan fingerprint density at radius 3 is 1.72 bits per heavy atom. The summed E-state index contributed by atoms with van der Waals surface area (Å²) in [6.45, 7) is 4.71. The minimum absolute atomic E-state index is 0.149. The molecule has 11 aromatic carbocycles. The molecule has 1 aromatic heterocycles. The van der Waals surface area contributed by atoms with Gasteiger partial charge in [0.05, 0.1) is 11.4 Å². The van der Waals surface area contributed by atoms with Crippen molar-refractivity contribution in [1.82, 2.24) is 0 Å². The highest BCUT2D eigenvalue weighted by Crippen LogP contribution is 2.53. The van der Waals surface area contributed by atoms with Gasteiger partial charge in [0.15, 0.2) is 5.58 Å². The third-order valence-corrected chi connectivity index (χ3v) is 13.6. The van der Waals surface area contributed by atoms with Crippen molar-refractivity contribution in [1.29, 1.82) is 0 Å². The second kappa shape index (κ2) is 12.7. The topological polar surface area (TPSA) is 16.4 Å². The zero-order valence-electron chi connectivity index (χ0n) is 33.9. The van der Waals surface area contributed by atoms with E-state index < -0.39 is 0 Å². The fourth-order valence-corrected chi connectivity index (χ4v) is 10.7. The van der Waals surface area contributed by atoms with E-state index in [0.717, 1.165) is 50.1 Å². The van der Waals surface area contributed by atoms with E-state index in [-0.39, 0.29) is 5.41 Å². The van der Waals surface area contributed by atoms with Gasteiger partial charge in [0.25, 0.3) is 0 Å². The van der Waals surface area contributed by atoms with Gasteiger partial charge in [-0.25, -0.2) is 0 Å². The second-order valence-corrected chi connectivity index (χ2v) is 17.2. The molecule has 0 saturated carbocycles. The normalized spacial score (nSPS) is 13.2. The van der Waals surface area contributed by atoms with E-state index in [4.69, 9.17) is 4.42 Å². The van der Waals surface area contributed by atoms with E-state index in [0.29, 0.717) is 0 Å². The van der Waals surface area contributed by atoms with Gasteiger partial charge in [0, 0.05) is 32.8 Å². The number of benzene rings is 11. The van der Waals surface area contributed by atoms with Gasteiger partial charge in [-0.1, -0.05) is 178 Å². The SMILES string of the molecule is CC1(C)c2ccccc2-c2ccc(N(c3cccc4ccccc34)c3cccc4c3oc3c(-c5ccc6c7ccccc7c7ccccc7c6c5)c5ccccc5cc34)cc21. The molecule has 0 bridgehead atoms. The van der Waals surface area contributed by atoms with Gasteiger partial charge >= 0.3 is 0 Å². The predicted octanol–water partition coefficient (Wildman–Crippen LogP) is 16.8. The average molecular weight is 778 g/mol. The Morgan fingerprint density at radius 1 is 0.361 bits per heavy atom. The molecule has 0 atom stereocenters. The molecule has 0 fully saturated rings. The molecule has 61 heavy (non-hydrogen) atoms. The van der Waals surface area contributed by atoms with Crippen LogP contribution in [0.25, 0.3) is 98.1 Å². The Bertz CT molecular complexity index is 3770. The number of rotatable bonds is 4. The molecule has 286 valence electrons. The fraction of sp³-hybridized carbons (Fsp3) is 0.0508. The van der Waals surface area contributed by atoms with Gasteiger partial charge in [-0.2, -0.15) is 0 Å². The highest BCUT2D eigenvalue weighted by molar-refractivity contribution is 6.27. The molecule has 0 amide bonds. The third kappa shape index (κ3) is 4.85. The Morgan fingerprint density at radius 2 is 0.934 bits per heavy atom.